The SMILES string of the molecule is COC(=O)N[C@H](C(=O)N1CCC[C@@]1(C)C(=O)Nc1ccc(-c2nc3ccc(N)cc3[nH]2)cc1)C(C)C. The minimum atomic E-state index is -1.04. The fraction of sp³-hybridized carbons (Fsp3) is 0.385. The summed E-state index contributed by atoms with van der Waals surface area (Å²) in [5.41, 5.74) is 8.60. The highest BCUT2D eigenvalue weighted by Crippen LogP contribution is 2.32. The lowest BCUT2D eigenvalue weighted by molar-refractivity contribution is -0.144. The van der Waals surface area contributed by atoms with Crippen LogP contribution in [0.1, 0.15) is 33.6 Å². The molecule has 1 fully saturated rings. The molecule has 190 valence electrons. The van der Waals surface area contributed by atoms with Crippen molar-refractivity contribution < 1.29 is 19.1 Å². The number of rotatable bonds is 6. The number of benzene rings is 2. The lowest BCUT2D eigenvalue weighted by Crippen LogP contribution is -2.59. The van der Waals surface area contributed by atoms with Gasteiger partial charge < -0.3 is 31.0 Å². The first-order valence-electron chi connectivity index (χ1n) is 12.0. The molecule has 3 aromatic rings. The summed E-state index contributed by atoms with van der Waals surface area (Å²) in [5, 5.41) is 5.55. The van der Waals surface area contributed by atoms with Gasteiger partial charge in [0.1, 0.15) is 17.4 Å². The summed E-state index contributed by atoms with van der Waals surface area (Å²) >= 11 is 0. The average molecular weight is 493 g/mol. The van der Waals surface area contributed by atoms with Gasteiger partial charge in [-0.2, -0.15) is 0 Å². The van der Waals surface area contributed by atoms with Crippen LogP contribution in [-0.2, 0) is 14.3 Å². The molecule has 5 N–H and O–H groups in total. The van der Waals surface area contributed by atoms with E-state index in [1.165, 1.54) is 7.11 Å². The molecule has 0 radical (unpaired) electrons. The third kappa shape index (κ3) is 4.84. The van der Waals surface area contributed by atoms with Crippen molar-refractivity contribution in [2.75, 3.05) is 24.7 Å². The van der Waals surface area contributed by atoms with E-state index in [0.29, 0.717) is 36.6 Å². The van der Waals surface area contributed by atoms with Crippen LogP contribution in [0.25, 0.3) is 22.4 Å². The number of aromatic amines is 1. The molecular formula is C26H32N6O4. The van der Waals surface area contributed by atoms with Crippen molar-refractivity contribution >= 4 is 40.3 Å². The highest BCUT2D eigenvalue weighted by Gasteiger charge is 2.47. The lowest BCUT2D eigenvalue weighted by atomic mass is 9.95. The van der Waals surface area contributed by atoms with E-state index in [1.807, 2.05) is 38.1 Å². The highest BCUT2D eigenvalue weighted by atomic mass is 16.5. The Bertz CT molecular complexity index is 1290. The average Bonchev–Trinajstić information content (AvgIpc) is 3.46. The fourth-order valence-corrected chi connectivity index (χ4v) is 4.56. The Kier molecular flexibility index (Phi) is 6.87. The van der Waals surface area contributed by atoms with E-state index in [2.05, 4.69) is 25.3 Å². The van der Waals surface area contributed by atoms with E-state index in [1.54, 1.807) is 30.0 Å². The van der Waals surface area contributed by atoms with E-state index in [-0.39, 0.29) is 17.7 Å². The summed E-state index contributed by atoms with van der Waals surface area (Å²) in [5.74, 6) is -0.0510. The van der Waals surface area contributed by atoms with Gasteiger partial charge in [0, 0.05) is 23.5 Å². The molecule has 10 heteroatoms. The number of amides is 3. The maximum atomic E-state index is 13.4. The van der Waals surface area contributed by atoms with Gasteiger partial charge in [0.2, 0.25) is 11.8 Å². The van der Waals surface area contributed by atoms with Crippen LogP contribution in [0, 0.1) is 5.92 Å². The second-order valence-corrected chi connectivity index (χ2v) is 9.62. The maximum absolute atomic E-state index is 13.4. The van der Waals surface area contributed by atoms with Crippen molar-refractivity contribution in [2.45, 2.75) is 45.2 Å². The first kappa shape index (κ1) is 25.0. The van der Waals surface area contributed by atoms with Gasteiger partial charge in [-0.05, 0) is 68.1 Å². The molecule has 2 heterocycles. The van der Waals surface area contributed by atoms with E-state index in [4.69, 9.17) is 5.73 Å². The Hall–Kier alpha value is -4.08. The molecule has 0 spiro atoms. The normalized spacial score (nSPS) is 18.3. The smallest absolute Gasteiger partial charge is 0.407 e. The zero-order chi connectivity index (χ0) is 26.0. The van der Waals surface area contributed by atoms with Crippen molar-refractivity contribution in [3.8, 4) is 11.4 Å². The zero-order valence-electron chi connectivity index (χ0n) is 20.9. The van der Waals surface area contributed by atoms with E-state index >= 15 is 0 Å². The Labute approximate surface area is 209 Å². The first-order valence-corrected chi connectivity index (χ1v) is 12.0. The van der Waals surface area contributed by atoms with Gasteiger partial charge in [-0.3, -0.25) is 9.59 Å². The van der Waals surface area contributed by atoms with Crippen LogP contribution in [0.4, 0.5) is 16.2 Å². The van der Waals surface area contributed by atoms with Crippen molar-refractivity contribution in [3.63, 3.8) is 0 Å². The second-order valence-electron chi connectivity index (χ2n) is 9.62. The molecule has 1 aliphatic heterocycles. The Morgan fingerprint density at radius 1 is 1.17 bits per heavy atom. The van der Waals surface area contributed by atoms with Crippen molar-refractivity contribution in [3.05, 3.63) is 42.5 Å². The van der Waals surface area contributed by atoms with Crippen LogP contribution < -0.4 is 16.4 Å². The van der Waals surface area contributed by atoms with Crippen LogP contribution in [0.2, 0.25) is 0 Å². The molecule has 3 amide bonds. The predicted octanol–water partition coefficient (Wildman–Crippen LogP) is 3.51. The van der Waals surface area contributed by atoms with Gasteiger partial charge in [-0.25, -0.2) is 9.78 Å². The Balaban J connectivity index is 1.49. The van der Waals surface area contributed by atoms with E-state index in [0.717, 1.165) is 16.6 Å². The van der Waals surface area contributed by atoms with Gasteiger partial charge in [-0.15, -0.1) is 0 Å². The fourth-order valence-electron chi connectivity index (χ4n) is 4.56. The number of H-pyrrole nitrogens is 1. The number of aromatic nitrogens is 2. The summed E-state index contributed by atoms with van der Waals surface area (Å²) in [6.07, 6.45) is 0.530. The first-order chi connectivity index (χ1) is 17.1. The number of hydrogen-bond donors (Lipinski definition) is 4. The van der Waals surface area contributed by atoms with Gasteiger partial charge in [0.25, 0.3) is 0 Å². The summed E-state index contributed by atoms with van der Waals surface area (Å²) < 4.78 is 4.67. The lowest BCUT2D eigenvalue weighted by Gasteiger charge is -2.37. The minimum Gasteiger partial charge on any atom is -0.453 e. The van der Waals surface area contributed by atoms with Gasteiger partial charge in [0.15, 0.2) is 0 Å². The molecule has 0 bridgehead atoms. The number of alkyl carbamates (subject to hydrolysis) is 1. The van der Waals surface area contributed by atoms with Crippen molar-refractivity contribution in [1.82, 2.24) is 20.2 Å². The number of fused-ring (bicyclic) bond motifs is 1. The number of anilines is 2. The van der Waals surface area contributed by atoms with Crippen LogP contribution >= 0.6 is 0 Å². The largest absolute Gasteiger partial charge is 0.453 e. The molecule has 10 nitrogen and oxygen atoms in total. The van der Waals surface area contributed by atoms with Crippen LogP contribution in [0.15, 0.2) is 42.5 Å². The van der Waals surface area contributed by atoms with E-state index < -0.39 is 17.7 Å². The summed E-state index contributed by atoms with van der Waals surface area (Å²) in [4.78, 5) is 47.9. The number of hydrogen-bond acceptors (Lipinski definition) is 6. The third-order valence-corrected chi connectivity index (χ3v) is 6.71. The Morgan fingerprint density at radius 2 is 1.89 bits per heavy atom. The van der Waals surface area contributed by atoms with Crippen molar-refractivity contribution in [2.24, 2.45) is 5.92 Å². The van der Waals surface area contributed by atoms with Crippen molar-refractivity contribution in [1.29, 1.82) is 0 Å². The Morgan fingerprint density at radius 3 is 2.56 bits per heavy atom. The van der Waals surface area contributed by atoms with Gasteiger partial charge in [-0.1, -0.05) is 13.8 Å². The molecule has 36 heavy (non-hydrogen) atoms. The number of ether oxygens (including phenoxy) is 1. The number of imidazole rings is 1. The molecular weight excluding hydrogens is 460 g/mol. The number of carbonyl (C=O) groups is 3. The number of carbonyl (C=O) groups excluding carboxylic acids is 3. The van der Waals surface area contributed by atoms with Crippen LogP contribution in [-0.4, -0.2) is 58.0 Å². The molecule has 2 aromatic carbocycles. The van der Waals surface area contributed by atoms with Crippen LogP contribution in [0.5, 0.6) is 0 Å². The summed E-state index contributed by atoms with van der Waals surface area (Å²) in [6.45, 7) is 5.87. The summed E-state index contributed by atoms with van der Waals surface area (Å²) in [6, 6.07) is 12.0. The number of methoxy groups -OCH3 is 1. The van der Waals surface area contributed by atoms with Gasteiger partial charge >= 0.3 is 6.09 Å². The number of nitrogens with one attached hydrogen (secondary N) is 3. The minimum absolute atomic E-state index is 0.174. The monoisotopic (exact) mass is 492 g/mol. The topological polar surface area (TPSA) is 142 Å². The molecule has 0 unspecified atom stereocenters. The predicted molar refractivity (Wildman–Crippen MR) is 138 cm³/mol. The molecule has 0 aliphatic carbocycles. The summed E-state index contributed by atoms with van der Waals surface area (Å²) in [7, 11) is 1.25. The molecule has 1 aliphatic rings. The number of nitrogens with zero attached hydrogens (tertiary/aromatic N) is 2. The molecule has 0 saturated carbocycles. The highest BCUT2D eigenvalue weighted by molar-refractivity contribution is 6.01. The molecule has 1 aromatic heterocycles. The zero-order valence-corrected chi connectivity index (χ0v) is 20.9. The molecule has 4 rings (SSSR count). The quantitative estimate of drug-likeness (QED) is 0.388. The number of nitrogen functional groups attached to an aromatic ring is 1. The second kappa shape index (κ2) is 9.88. The third-order valence-electron chi connectivity index (χ3n) is 6.71. The molecule has 1 saturated heterocycles. The van der Waals surface area contributed by atoms with Gasteiger partial charge in [0.05, 0.1) is 18.1 Å². The number of likely N-dealkylation sites (tertiary alicyclic amines) is 1. The maximum Gasteiger partial charge on any atom is 0.407 e. The number of nitrogens with two attached hydrogens (primary N) is 1. The van der Waals surface area contributed by atoms with Crippen LogP contribution in [0.3, 0.4) is 0 Å². The molecule has 2 atom stereocenters. The standard InChI is InChI=1S/C26H32N6O4/c1-15(2)21(31-25(35)36-4)23(33)32-13-5-12-26(32,3)24(34)28-18-9-6-16(7-10-18)22-29-19-11-8-17(27)14-20(19)30-22/h6-11,14-15,21H,5,12-13,27H2,1-4H3,(H,28,34)(H,29,30)(H,31,35)/t21-,26-/m0/s1. The van der Waals surface area contributed by atoms with E-state index in [9.17, 15) is 14.4 Å².